The summed E-state index contributed by atoms with van der Waals surface area (Å²) in [6.45, 7) is 9.93. The minimum atomic E-state index is -0.0127. The van der Waals surface area contributed by atoms with Crippen LogP contribution >= 0.6 is 0 Å². The predicted molar refractivity (Wildman–Crippen MR) is 66.2 cm³/mol. The number of aromatic hydroxyl groups is 1. The van der Waals surface area contributed by atoms with Gasteiger partial charge in [0.05, 0.1) is 5.56 Å². The SMILES string of the molecule is CCC(=O)c1cc(C(C)(C)C)cc(C)c1O. The molecule has 0 aromatic heterocycles. The van der Waals surface area contributed by atoms with Crippen LogP contribution in [-0.4, -0.2) is 10.9 Å². The molecule has 1 aromatic carbocycles. The number of aryl methyl sites for hydroxylation is 1. The number of carbonyl (C=O) groups excluding carboxylic acids is 1. The molecule has 0 spiro atoms. The highest BCUT2D eigenvalue weighted by Crippen LogP contribution is 2.31. The third-order valence-corrected chi connectivity index (χ3v) is 2.79. The first-order valence-electron chi connectivity index (χ1n) is 5.64. The smallest absolute Gasteiger partial charge is 0.166 e. The zero-order valence-electron chi connectivity index (χ0n) is 10.7. The van der Waals surface area contributed by atoms with Crippen molar-refractivity contribution in [3.8, 4) is 5.75 Å². The second kappa shape index (κ2) is 4.28. The Morgan fingerprint density at radius 1 is 1.31 bits per heavy atom. The van der Waals surface area contributed by atoms with Gasteiger partial charge in [-0.3, -0.25) is 4.79 Å². The fraction of sp³-hybridized carbons (Fsp3) is 0.500. The molecule has 0 aliphatic rings. The van der Waals surface area contributed by atoms with E-state index in [0.717, 1.165) is 11.1 Å². The number of carbonyl (C=O) groups is 1. The van der Waals surface area contributed by atoms with E-state index in [4.69, 9.17) is 0 Å². The van der Waals surface area contributed by atoms with Gasteiger partial charge in [-0.1, -0.05) is 33.8 Å². The largest absolute Gasteiger partial charge is 0.507 e. The number of Topliss-reactive ketones (excluding diaryl/α,β-unsaturated/α-hetero) is 1. The van der Waals surface area contributed by atoms with Crippen LogP contribution < -0.4 is 0 Å². The highest BCUT2D eigenvalue weighted by Gasteiger charge is 2.19. The van der Waals surface area contributed by atoms with Crippen molar-refractivity contribution in [2.75, 3.05) is 0 Å². The van der Waals surface area contributed by atoms with E-state index in [-0.39, 0.29) is 16.9 Å². The van der Waals surface area contributed by atoms with Crippen molar-refractivity contribution < 1.29 is 9.90 Å². The van der Waals surface area contributed by atoms with Crippen molar-refractivity contribution >= 4 is 5.78 Å². The fourth-order valence-electron chi connectivity index (χ4n) is 1.62. The minimum absolute atomic E-state index is 0.00769. The molecule has 0 radical (unpaired) electrons. The first-order chi connectivity index (χ1) is 7.27. The molecular formula is C14H20O2. The monoisotopic (exact) mass is 220 g/mol. The quantitative estimate of drug-likeness (QED) is 0.773. The molecule has 1 aromatic rings. The zero-order valence-corrected chi connectivity index (χ0v) is 10.7. The van der Waals surface area contributed by atoms with E-state index in [1.807, 2.05) is 19.1 Å². The molecule has 88 valence electrons. The summed E-state index contributed by atoms with van der Waals surface area (Å²) >= 11 is 0. The second-order valence-electron chi connectivity index (χ2n) is 5.22. The van der Waals surface area contributed by atoms with Gasteiger partial charge in [0.25, 0.3) is 0 Å². The lowest BCUT2D eigenvalue weighted by Crippen LogP contribution is -2.13. The fourth-order valence-corrected chi connectivity index (χ4v) is 1.62. The van der Waals surface area contributed by atoms with Crippen LogP contribution in [0.25, 0.3) is 0 Å². The third-order valence-electron chi connectivity index (χ3n) is 2.79. The Morgan fingerprint density at radius 3 is 2.31 bits per heavy atom. The summed E-state index contributed by atoms with van der Waals surface area (Å²) in [7, 11) is 0. The number of phenolic OH excluding ortho intramolecular Hbond substituents is 1. The molecule has 2 heteroatoms. The van der Waals surface area contributed by atoms with Gasteiger partial charge in [-0.2, -0.15) is 0 Å². The second-order valence-corrected chi connectivity index (χ2v) is 5.22. The summed E-state index contributed by atoms with van der Waals surface area (Å²) in [5, 5.41) is 9.87. The van der Waals surface area contributed by atoms with Crippen molar-refractivity contribution in [1.29, 1.82) is 0 Å². The van der Waals surface area contributed by atoms with Gasteiger partial charge in [-0.15, -0.1) is 0 Å². The molecule has 16 heavy (non-hydrogen) atoms. The Hall–Kier alpha value is -1.31. The van der Waals surface area contributed by atoms with Crippen LogP contribution in [0.15, 0.2) is 12.1 Å². The normalized spacial score (nSPS) is 11.6. The van der Waals surface area contributed by atoms with Crippen molar-refractivity contribution in [3.05, 3.63) is 28.8 Å². The molecule has 2 nitrogen and oxygen atoms in total. The van der Waals surface area contributed by atoms with Gasteiger partial charge >= 0.3 is 0 Å². The van der Waals surface area contributed by atoms with Gasteiger partial charge in [0.2, 0.25) is 0 Å². The Labute approximate surface area is 97.3 Å². The molecule has 0 saturated heterocycles. The third kappa shape index (κ3) is 2.43. The van der Waals surface area contributed by atoms with Crippen molar-refractivity contribution in [1.82, 2.24) is 0 Å². The molecule has 0 heterocycles. The minimum Gasteiger partial charge on any atom is -0.507 e. The molecule has 0 unspecified atom stereocenters. The van der Waals surface area contributed by atoms with Crippen LogP contribution in [0, 0.1) is 6.92 Å². The molecule has 0 saturated carbocycles. The van der Waals surface area contributed by atoms with E-state index in [1.165, 1.54) is 0 Å². The summed E-state index contributed by atoms with van der Waals surface area (Å²) in [6, 6.07) is 3.76. The topological polar surface area (TPSA) is 37.3 Å². The number of rotatable bonds is 2. The lowest BCUT2D eigenvalue weighted by molar-refractivity contribution is 0.0985. The Balaban J connectivity index is 3.39. The van der Waals surface area contributed by atoms with E-state index >= 15 is 0 Å². The first-order valence-corrected chi connectivity index (χ1v) is 5.64. The highest BCUT2D eigenvalue weighted by molar-refractivity contribution is 5.99. The maximum atomic E-state index is 11.7. The molecular weight excluding hydrogens is 200 g/mol. The molecule has 0 aliphatic heterocycles. The number of hydrogen-bond acceptors (Lipinski definition) is 2. The lowest BCUT2D eigenvalue weighted by atomic mass is 9.84. The number of phenols is 1. The van der Waals surface area contributed by atoms with Gasteiger partial charge in [-0.25, -0.2) is 0 Å². The summed E-state index contributed by atoms with van der Waals surface area (Å²) in [5.74, 6) is 0.117. The van der Waals surface area contributed by atoms with Crippen LogP contribution in [0.1, 0.15) is 55.6 Å². The average Bonchev–Trinajstić information content (AvgIpc) is 2.19. The van der Waals surface area contributed by atoms with Crippen molar-refractivity contribution in [2.24, 2.45) is 0 Å². The number of benzene rings is 1. The molecule has 0 amide bonds. The van der Waals surface area contributed by atoms with E-state index in [1.54, 1.807) is 6.92 Å². The van der Waals surface area contributed by atoms with Crippen LogP contribution in [0.5, 0.6) is 5.75 Å². The maximum absolute atomic E-state index is 11.7. The zero-order chi connectivity index (χ0) is 12.5. The molecule has 1 rings (SSSR count). The Kier molecular flexibility index (Phi) is 3.41. The molecule has 0 atom stereocenters. The predicted octanol–water partition coefficient (Wildman–Crippen LogP) is 3.59. The lowest BCUT2D eigenvalue weighted by Gasteiger charge is -2.21. The van der Waals surface area contributed by atoms with E-state index < -0.39 is 0 Å². The summed E-state index contributed by atoms with van der Waals surface area (Å²) in [4.78, 5) is 11.7. The van der Waals surface area contributed by atoms with Crippen LogP contribution in [0.2, 0.25) is 0 Å². The van der Waals surface area contributed by atoms with Gasteiger partial charge in [0, 0.05) is 6.42 Å². The molecule has 0 aliphatic carbocycles. The van der Waals surface area contributed by atoms with Crippen LogP contribution in [0.4, 0.5) is 0 Å². The standard InChI is InChI=1S/C14H20O2/c1-6-12(15)11-8-10(14(3,4)5)7-9(2)13(11)16/h7-8,16H,6H2,1-5H3. The highest BCUT2D eigenvalue weighted by atomic mass is 16.3. The average molecular weight is 220 g/mol. The number of hydrogen-bond donors (Lipinski definition) is 1. The maximum Gasteiger partial charge on any atom is 0.166 e. The van der Waals surface area contributed by atoms with Crippen LogP contribution in [0.3, 0.4) is 0 Å². The van der Waals surface area contributed by atoms with Crippen LogP contribution in [-0.2, 0) is 5.41 Å². The van der Waals surface area contributed by atoms with E-state index in [0.29, 0.717) is 12.0 Å². The van der Waals surface area contributed by atoms with Crippen molar-refractivity contribution in [3.63, 3.8) is 0 Å². The van der Waals surface area contributed by atoms with Gasteiger partial charge in [0.15, 0.2) is 5.78 Å². The molecule has 0 bridgehead atoms. The van der Waals surface area contributed by atoms with Gasteiger partial charge in [0.1, 0.15) is 5.75 Å². The van der Waals surface area contributed by atoms with Gasteiger partial charge < -0.3 is 5.11 Å². The first kappa shape index (κ1) is 12.8. The van der Waals surface area contributed by atoms with Crippen molar-refractivity contribution in [2.45, 2.75) is 46.5 Å². The summed E-state index contributed by atoms with van der Waals surface area (Å²) < 4.78 is 0. The summed E-state index contributed by atoms with van der Waals surface area (Å²) in [5.41, 5.74) is 2.29. The molecule has 1 N–H and O–H groups in total. The molecule has 0 fully saturated rings. The van der Waals surface area contributed by atoms with Gasteiger partial charge in [-0.05, 0) is 29.5 Å². The van der Waals surface area contributed by atoms with E-state index in [9.17, 15) is 9.90 Å². The Bertz CT molecular complexity index is 411. The van der Waals surface area contributed by atoms with E-state index in [2.05, 4.69) is 20.8 Å². The summed E-state index contributed by atoms with van der Waals surface area (Å²) in [6.07, 6.45) is 0.417. The number of ketones is 1. The Morgan fingerprint density at radius 2 is 1.88 bits per heavy atom.